The van der Waals surface area contributed by atoms with Crippen LogP contribution in [-0.4, -0.2) is 26.5 Å². The Morgan fingerprint density at radius 1 is 1.65 bits per heavy atom. The number of ether oxygens (including phenoxy) is 1. The van der Waals surface area contributed by atoms with E-state index in [0.717, 1.165) is 5.56 Å². The summed E-state index contributed by atoms with van der Waals surface area (Å²) in [5.74, 6) is -1.08. The third kappa shape index (κ3) is 5.09. The molecule has 0 unspecified atom stereocenters. The lowest BCUT2D eigenvalue weighted by Crippen LogP contribution is -2.07. The van der Waals surface area contributed by atoms with Crippen LogP contribution in [0.3, 0.4) is 0 Å². The molecule has 0 aromatic heterocycles. The lowest BCUT2D eigenvalue weighted by Gasteiger charge is -2.12. The molecule has 0 aliphatic carbocycles. The van der Waals surface area contributed by atoms with Gasteiger partial charge >= 0.3 is 5.97 Å². The van der Waals surface area contributed by atoms with Crippen molar-refractivity contribution in [3.63, 3.8) is 0 Å². The van der Waals surface area contributed by atoms with Crippen molar-refractivity contribution >= 4 is 40.8 Å². The highest BCUT2D eigenvalue weighted by Gasteiger charge is 2.08. The number of carboxylic acids is 1. The van der Waals surface area contributed by atoms with Gasteiger partial charge in [-0.25, -0.2) is 4.39 Å². The normalized spacial score (nSPS) is 10.6. The van der Waals surface area contributed by atoms with Gasteiger partial charge in [0, 0.05) is 29.4 Å². The summed E-state index contributed by atoms with van der Waals surface area (Å²) in [6.45, 7) is 0.509. The minimum atomic E-state index is -0.867. The predicted octanol–water partition coefficient (Wildman–Crippen LogP) is 2.72. The van der Waals surface area contributed by atoms with Gasteiger partial charge in [-0.05, 0) is 17.7 Å². The number of methoxy groups -OCH3 is 1. The quantitative estimate of drug-likeness (QED) is 0.474. The van der Waals surface area contributed by atoms with Crippen LogP contribution in [0.25, 0.3) is 0 Å². The van der Waals surface area contributed by atoms with Crippen molar-refractivity contribution in [2.45, 2.75) is 6.54 Å². The van der Waals surface area contributed by atoms with Crippen LogP contribution >= 0.6 is 34.8 Å². The Morgan fingerprint density at radius 3 is 2.94 bits per heavy atom. The number of nitrogens with zero attached hydrogens (tertiary/aromatic N) is 1. The highest BCUT2D eigenvalue weighted by Crippen LogP contribution is 2.23. The van der Waals surface area contributed by atoms with Gasteiger partial charge in [-0.1, -0.05) is 18.0 Å². The Labute approximate surface area is 117 Å². The fourth-order valence-electron chi connectivity index (χ4n) is 1.12. The fourth-order valence-corrected chi connectivity index (χ4v) is 2.42. The number of rotatable bonds is 6. The molecule has 0 bridgehead atoms. The highest BCUT2D eigenvalue weighted by atomic mass is 127. The first-order valence-corrected chi connectivity index (χ1v) is 6.54. The number of carbonyl (C=O) groups is 1. The van der Waals surface area contributed by atoms with Crippen molar-refractivity contribution in [3.05, 3.63) is 29.6 Å². The summed E-state index contributed by atoms with van der Waals surface area (Å²) in [6.07, 6.45) is 0. The van der Waals surface area contributed by atoms with Crippen LogP contribution in [0.2, 0.25) is 0 Å². The summed E-state index contributed by atoms with van der Waals surface area (Å²) in [7, 11) is 1.41. The van der Waals surface area contributed by atoms with E-state index >= 15 is 0 Å². The van der Waals surface area contributed by atoms with E-state index in [4.69, 9.17) is 9.84 Å². The molecular formula is C10H11FINO3S. The molecule has 0 spiro atoms. The van der Waals surface area contributed by atoms with Crippen molar-refractivity contribution in [2.75, 3.05) is 12.9 Å². The van der Waals surface area contributed by atoms with Crippen molar-refractivity contribution in [1.82, 2.24) is 2.52 Å². The molecule has 0 aliphatic heterocycles. The summed E-state index contributed by atoms with van der Waals surface area (Å²) < 4.78 is 19.8. The third-order valence-electron chi connectivity index (χ3n) is 1.85. The van der Waals surface area contributed by atoms with Gasteiger partial charge < -0.3 is 9.84 Å². The van der Waals surface area contributed by atoms with Gasteiger partial charge in [-0.2, -0.15) is 2.52 Å². The highest BCUT2D eigenvalue weighted by molar-refractivity contribution is 14.1. The lowest BCUT2D eigenvalue weighted by atomic mass is 10.2. The molecule has 94 valence electrons. The number of benzene rings is 1. The Bertz CT molecular complexity index is 405. The second kappa shape index (κ2) is 7.02. The molecule has 4 nitrogen and oxygen atoms in total. The third-order valence-corrected chi connectivity index (χ3v) is 3.81. The first-order chi connectivity index (χ1) is 8.02. The zero-order chi connectivity index (χ0) is 12.8. The van der Waals surface area contributed by atoms with Gasteiger partial charge in [0.15, 0.2) is 11.6 Å². The second-order valence-electron chi connectivity index (χ2n) is 3.11. The van der Waals surface area contributed by atoms with E-state index in [1.165, 1.54) is 25.1 Å². The van der Waals surface area contributed by atoms with Crippen LogP contribution in [0.4, 0.5) is 4.39 Å². The molecule has 0 radical (unpaired) electrons. The van der Waals surface area contributed by atoms with Crippen LogP contribution < -0.4 is 4.74 Å². The first-order valence-electron chi connectivity index (χ1n) is 4.63. The molecule has 0 atom stereocenters. The van der Waals surface area contributed by atoms with Crippen molar-refractivity contribution in [3.8, 4) is 5.75 Å². The van der Waals surface area contributed by atoms with Gasteiger partial charge in [-0.15, -0.1) is 0 Å². The maximum Gasteiger partial charge on any atom is 0.314 e. The topological polar surface area (TPSA) is 49.8 Å². The van der Waals surface area contributed by atoms with E-state index in [-0.39, 0.29) is 11.5 Å². The van der Waals surface area contributed by atoms with E-state index in [0.29, 0.717) is 6.54 Å². The van der Waals surface area contributed by atoms with Gasteiger partial charge in [0.05, 0.1) is 7.11 Å². The number of halogens is 2. The molecule has 0 saturated heterocycles. The number of carboxylic acid groups (broad SMARTS) is 1. The number of hydrogen-bond donors (Lipinski definition) is 1. The Balaban J connectivity index is 2.59. The van der Waals surface area contributed by atoms with E-state index in [1.54, 1.807) is 14.7 Å². The van der Waals surface area contributed by atoms with E-state index < -0.39 is 11.8 Å². The molecule has 0 aliphatic rings. The van der Waals surface area contributed by atoms with Gasteiger partial charge in [-0.3, -0.25) is 4.79 Å². The summed E-state index contributed by atoms with van der Waals surface area (Å²) in [5, 5.41) is 8.53. The van der Waals surface area contributed by atoms with Crippen molar-refractivity contribution in [1.29, 1.82) is 0 Å². The SMILES string of the molecule is COc1cc(CN(I)SCC(=O)O)ccc1F. The Morgan fingerprint density at radius 2 is 2.35 bits per heavy atom. The van der Waals surface area contributed by atoms with Gasteiger partial charge in [0.25, 0.3) is 0 Å². The summed E-state index contributed by atoms with van der Waals surface area (Å²) in [6, 6.07) is 4.58. The first kappa shape index (κ1) is 14.5. The van der Waals surface area contributed by atoms with Crippen molar-refractivity contribution in [2.24, 2.45) is 0 Å². The number of hydrogen-bond acceptors (Lipinski definition) is 4. The average molecular weight is 371 g/mol. The molecule has 1 aromatic rings. The van der Waals surface area contributed by atoms with E-state index in [2.05, 4.69) is 0 Å². The molecule has 0 saturated carbocycles. The van der Waals surface area contributed by atoms with E-state index in [1.807, 2.05) is 22.9 Å². The Kier molecular flexibility index (Phi) is 6.00. The molecule has 7 heteroatoms. The van der Waals surface area contributed by atoms with Crippen LogP contribution in [0.1, 0.15) is 5.56 Å². The molecule has 1 N–H and O–H groups in total. The van der Waals surface area contributed by atoms with Crippen molar-refractivity contribution < 1.29 is 19.0 Å². The van der Waals surface area contributed by atoms with E-state index in [9.17, 15) is 9.18 Å². The summed E-state index contributed by atoms with van der Waals surface area (Å²) in [4.78, 5) is 10.4. The molecule has 1 rings (SSSR count). The number of aliphatic carboxylic acids is 1. The molecule has 1 aromatic carbocycles. The van der Waals surface area contributed by atoms with Crippen LogP contribution in [0.15, 0.2) is 18.2 Å². The molecule has 0 fully saturated rings. The minimum absolute atomic E-state index is 0.00126. The fraction of sp³-hybridized carbons (Fsp3) is 0.300. The maximum atomic E-state index is 13.1. The monoisotopic (exact) mass is 371 g/mol. The lowest BCUT2D eigenvalue weighted by molar-refractivity contribution is -0.133. The zero-order valence-electron chi connectivity index (χ0n) is 9.02. The zero-order valence-corrected chi connectivity index (χ0v) is 12.0. The van der Waals surface area contributed by atoms with Crippen LogP contribution in [0.5, 0.6) is 5.75 Å². The molecular weight excluding hydrogens is 360 g/mol. The molecule has 0 amide bonds. The molecule has 0 heterocycles. The standard InChI is InChI=1S/C10H11FINO3S/c1-16-9-4-7(2-3-8(9)11)5-13(12)17-6-10(14)15/h2-4H,5-6H2,1H3,(H,14,15). The largest absolute Gasteiger partial charge is 0.494 e. The van der Waals surface area contributed by atoms with Gasteiger partial charge in [0.1, 0.15) is 5.75 Å². The van der Waals surface area contributed by atoms with Crippen LogP contribution in [0, 0.1) is 5.82 Å². The predicted molar refractivity (Wildman–Crippen MR) is 72.6 cm³/mol. The minimum Gasteiger partial charge on any atom is -0.494 e. The average Bonchev–Trinajstić information content (AvgIpc) is 2.29. The summed E-state index contributed by atoms with van der Waals surface area (Å²) in [5.41, 5.74) is 0.857. The Hall–Kier alpha value is -0.540. The second-order valence-corrected chi connectivity index (χ2v) is 5.92. The maximum absolute atomic E-state index is 13.1. The smallest absolute Gasteiger partial charge is 0.314 e. The van der Waals surface area contributed by atoms with Gasteiger partial charge in [0.2, 0.25) is 0 Å². The van der Waals surface area contributed by atoms with Crippen LogP contribution in [-0.2, 0) is 11.3 Å². The molecule has 17 heavy (non-hydrogen) atoms. The summed E-state index contributed by atoms with van der Waals surface area (Å²) >= 11 is 3.19.